The van der Waals surface area contributed by atoms with E-state index >= 15 is 0 Å². The van der Waals surface area contributed by atoms with Crippen molar-refractivity contribution in [2.75, 3.05) is 24.7 Å². The van der Waals surface area contributed by atoms with Crippen LogP contribution in [0.4, 0.5) is 17.6 Å². The van der Waals surface area contributed by atoms with Crippen LogP contribution < -0.4 is 10.3 Å². The van der Waals surface area contributed by atoms with Crippen molar-refractivity contribution in [3.05, 3.63) is 93.9 Å². The van der Waals surface area contributed by atoms with Gasteiger partial charge in [-0.25, -0.2) is 14.4 Å². The molecule has 246 valence electrons. The van der Waals surface area contributed by atoms with Gasteiger partial charge in [0, 0.05) is 35.0 Å². The first-order valence-corrected chi connectivity index (χ1v) is 16.5. The number of nitrogens with zero attached hydrogens (tertiary/aromatic N) is 4. The molecule has 2 aromatic heterocycles. The zero-order valence-electron chi connectivity index (χ0n) is 25.8. The van der Waals surface area contributed by atoms with E-state index < -0.39 is 34.4 Å². The molecule has 8 nitrogen and oxygen atoms in total. The molecule has 5 rings (SSSR count). The number of aromatic nitrogens is 3. The highest BCUT2D eigenvalue weighted by molar-refractivity contribution is 7.85. The minimum absolute atomic E-state index is 0.238. The van der Waals surface area contributed by atoms with Gasteiger partial charge in [-0.3, -0.25) is 18.4 Å². The van der Waals surface area contributed by atoms with E-state index in [1.54, 1.807) is 34.7 Å². The summed E-state index contributed by atoms with van der Waals surface area (Å²) in [5.41, 5.74) is 0.0477. The summed E-state index contributed by atoms with van der Waals surface area (Å²) < 4.78 is 67.9. The van der Waals surface area contributed by atoms with Gasteiger partial charge in [-0.15, -0.1) is 0 Å². The number of hydrogen-bond donors (Lipinski definition) is 0. The summed E-state index contributed by atoms with van der Waals surface area (Å²) in [6.07, 6.45) is -0.0829. The van der Waals surface area contributed by atoms with E-state index in [-0.39, 0.29) is 11.5 Å². The van der Waals surface area contributed by atoms with Crippen LogP contribution in [0.3, 0.4) is 0 Å². The average Bonchev–Trinajstić information content (AvgIpc) is 3.05. The smallest absolute Gasteiger partial charge is 0.419 e. The van der Waals surface area contributed by atoms with E-state index in [9.17, 15) is 31.4 Å². The molecule has 1 fully saturated rings. The molecule has 13 heteroatoms. The summed E-state index contributed by atoms with van der Waals surface area (Å²) >= 11 is 0. The molecule has 1 amide bonds. The van der Waals surface area contributed by atoms with Crippen LogP contribution in [0.1, 0.15) is 56.6 Å². The fraction of sp³-hybridized carbons (Fsp3) is 0.394. The number of halogens is 4. The second kappa shape index (κ2) is 15.4. The molecule has 1 aliphatic rings. The Morgan fingerprint density at radius 3 is 2.41 bits per heavy atom. The number of ether oxygens (including phenoxy) is 1. The Bertz CT molecular complexity index is 1720. The number of fused-ring (bicyclic) bond motifs is 1. The summed E-state index contributed by atoms with van der Waals surface area (Å²) in [6, 6.07) is 13.3. The molecule has 1 aliphatic heterocycles. The van der Waals surface area contributed by atoms with Crippen LogP contribution in [0.15, 0.2) is 65.6 Å². The van der Waals surface area contributed by atoms with Gasteiger partial charge in [-0.05, 0) is 93.1 Å². The van der Waals surface area contributed by atoms with Crippen LogP contribution >= 0.6 is 0 Å². The number of rotatable bonds is 9. The molecule has 0 aliphatic carbocycles. The minimum atomic E-state index is -4.60. The summed E-state index contributed by atoms with van der Waals surface area (Å²) in [4.78, 5) is 36.3. The lowest BCUT2D eigenvalue weighted by atomic mass is 10.0. The maximum Gasteiger partial charge on any atom is 0.419 e. The number of pyridine rings is 1. The Labute approximate surface area is 266 Å². The molecule has 4 aromatic rings. The van der Waals surface area contributed by atoms with Crippen molar-refractivity contribution in [3.8, 4) is 11.4 Å². The molecule has 0 radical (unpaired) electrons. The lowest BCUT2D eigenvalue weighted by Gasteiger charge is -2.31. The molecule has 0 saturated carbocycles. The SMILES string of the molecule is CCOc1ccc(-n2c(C(C)N(C=O)CC3CCS(=O)CC3)nc3ncccc3c2=O)cc1.CCc1ccc(F)c(C(F)(F)F)c1. The zero-order valence-corrected chi connectivity index (χ0v) is 26.6. The second-order valence-corrected chi connectivity index (χ2v) is 12.5. The Balaban J connectivity index is 0.000000310. The van der Waals surface area contributed by atoms with E-state index in [1.165, 1.54) is 6.07 Å². The normalized spacial score (nSPS) is 17.1. The quantitative estimate of drug-likeness (QED) is 0.155. The maximum atomic E-state index is 13.5. The van der Waals surface area contributed by atoms with Gasteiger partial charge in [0.05, 0.1) is 29.3 Å². The van der Waals surface area contributed by atoms with E-state index in [1.807, 2.05) is 38.1 Å². The predicted molar refractivity (Wildman–Crippen MR) is 169 cm³/mol. The molecule has 1 saturated heterocycles. The van der Waals surface area contributed by atoms with E-state index in [4.69, 9.17) is 9.72 Å². The predicted octanol–water partition coefficient (Wildman–Crippen LogP) is 6.26. The van der Waals surface area contributed by atoms with Gasteiger partial charge in [-0.2, -0.15) is 13.2 Å². The molecule has 46 heavy (non-hydrogen) atoms. The van der Waals surface area contributed by atoms with Crippen molar-refractivity contribution in [2.45, 2.75) is 52.3 Å². The summed E-state index contributed by atoms with van der Waals surface area (Å²) in [7, 11) is -0.759. The maximum absolute atomic E-state index is 13.5. The number of hydrogen-bond acceptors (Lipinski definition) is 6. The van der Waals surface area contributed by atoms with Crippen molar-refractivity contribution in [1.82, 2.24) is 19.4 Å². The van der Waals surface area contributed by atoms with Crippen molar-refractivity contribution >= 4 is 28.2 Å². The number of carbonyl (C=O) groups is 1. The zero-order chi connectivity index (χ0) is 33.4. The molecule has 2 aromatic carbocycles. The largest absolute Gasteiger partial charge is 0.494 e. The van der Waals surface area contributed by atoms with E-state index in [0.29, 0.717) is 64.9 Å². The Morgan fingerprint density at radius 2 is 1.80 bits per heavy atom. The molecule has 1 unspecified atom stereocenters. The van der Waals surface area contributed by atoms with E-state index in [2.05, 4.69) is 4.98 Å². The minimum Gasteiger partial charge on any atom is -0.494 e. The van der Waals surface area contributed by atoms with Gasteiger partial charge in [0.25, 0.3) is 5.56 Å². The number of carbonyl (C=O) groups excluding carboxylic acids is 1. The highest BCUT2D eigenvalue weighted by atomic mass is 32.2. The van der Waals surface area contributed by atoms with Gasteiger partial charge in [0.15, 0.2) is 5.65 Å². The van der Waals surface area contributed by atoms with Crippen molar-refractivity contribution in [2.24, 2.45) is 5.92 Å². The highest BCUT2D eigenvalue weighted by Gasteiger charge is 2.34. The first-order valence-electron chi connectivity index (χ1n) is 15.0. The molecule has 0 spiro atoms. The van der Waals surface area contributed by atoms with Crippen molar-refractivity contribution in [3.63, 3.8) is 0 Å². The van der Waals surface area contributed by atoms with Gasteiger partial charge in [0.2, 0.25) is 6.41 Å². The number of alkyl halides is 3. The van der Waals surface area contributed by atoms with Crippen LogP contribution in [0.5, 0.6) is 5.75 Å². The van der Waals surface area contributed by atoms with Crippen LogP contribution in [0.2, 0.25) is 0 Å². The Morgan fingerprint density at radius 1 is 1.11 bits per heavy atom. The van der Waals surface area contributed by atoms with Crippen molar-refractivity contribution < 1.29 is 31.3 Å². The first kappa shape index (κ1) is 34.7. The monoisotopic (exact) mass is 660 g/mol. The molecule has 0 N–H and O–H groups in total. The van der Waals surface area contributed by atoms with E-state index in [0.717, 1.165) is 31.4 Å². The second-order valence-electron chi connectivity index (χ2n) is 10.8. The third-order valence-corrected chi connectivity index (χ3v) is 9.19. The lowest BCUT2D eigenvalue weighted by Crippen LogP contribution is -2.37. The van der Waals surface area contributed by atoms with Gasteiger partial charge in [-0.1, -0.05) is 13.0 Å². The Hall–Kier alpha value is -4.13. The van der Waals surface area contributed by atoms with Crippen LogP contribution in [-0.4, -0.2) is 54.7 Å². The molecule has 0 bridgehead atoms. The standard InChI is InChI=1S/C24H28N4O4S.C9H8F4/c1-3-32-20-8-6-19(7-9-20)28-23(26-22-21(24(28)30)5-4-12-25-22)17(2)27(16-29)15-18-10-13-33(31)14-11-18;1-2-6-3-4-8(10)7(5-6)9(11,12)13/h4-9,12,16-18H,3,10-11,13-15H2,1-2H3;3-5H,2H2,1H3. The fourth-order valence-electron chi connectivity index (χ4n) is 5.20. The van der Waals surface area contributed by atoms with Gasteiger partial charge in [0.1, 0.15) is 17.4 Å². The lowest BCUT2D eigenvalue weighted by molar-refractivity contribution is -0.140. The summed E-state index contributed by atoms with van der Waals surface area (Å²) in [5.74, 6) is 1.55. The van der Waals surface area contributed by atoms with Gasteiger partial charge < -0.3 is 9.64 Å². The van der Waals surface area contributed by atoms with Crippen LogP contribution in [0, 0.1) is 11.7 Å². The average molecular weight is 661 g/mol. The topological polar surface area (TPSA) is 94.4 Å². The molecule has 3 heterocycles. The Kier molecular flexibility index (Phi) is 11.7. The highest BCUT2D eigenvalue weighted by Crippen LogP contribution is 2.32. The molecular weight excluding hydrogens is 624 g/mol. The van der Waals surface area contributed by atoms with Crippen LogP contribution in [0.25, 0.3) is 16.7 Å². The third-order valence-electron chi connectivity index (χ3n) is 7.80. The van der Waals surface area contributed by atoms with Gasteiger partial charge >= 0.3 is 6.18 Å². The summed E-state index contributed by atoms with van der Waals surface area (Å²) in [5, 5.41) is 0.412. The third kappa shape index (κ3) is 8.36. The number of amides is 1. The molecular formula is C33H36F4N4O4S. The summed E-state index contributed by atoms with van der Waals surface area (Å²) in [6.45, 7) is 6.58. The molecule has 1 atom stereocenters. The fourth-order valence-corrected chi connectivity index (χ4v) is 6.59. The van der Waals surface area contributed by atoms with Crippen molar-refractivity contribution in [1.29, 1.82) is 0 Å². The van der Waals surface area contributed by atoms with Crippen LogP contribution in [-0.2, 0) is 28.2 Å². The number of aryl methyl sites for hydroxylation is 1. The first-order chi connectivity index (χ1) is 22.0. The number of benzene rings is 2.